The van der Waals surface area contributed by atoms with Gasteiger partial charge in [-0.15, -0.1) is 0 Å². The van der Waals surface area contributed by atoms with Crippen molar-refractivity contribution in [3.8, 4) is 0 Å². The SMILES string of the molecule is CC(C)CN(CC(=O)O)C1CCCC(C)C1C. The molecular formula is C14H27NO2. The molecule has 1 fully saturated rings. The first-order chi connectivity index (χ1) is 7.91. The molecule has 1 aliphatic rings. The summed E-state index contributed by atoms with van der Waals surface area (Å²) in [5.74, 6) is 1.16. The molecule has 3 heteroatoms. The zero-order chi connectivity index (χ0) is 13.0. The molecule has 0 amide bonds. The van der Waals surface area contributed by atoms with Crippen LogP contribution < -0.4 is 0 Å². The lowest BCUT2D eigenvalue weighted by Crippen LogP contribution is -2.47. The lowest BCUT2D eigenvalue weighted by Gasteiger charge is -2.41. The molecule has 0 aromatic carbocycles. The van der Waals surface area contributed by atoms with Gasteiger partial charge >= 0.3 is 5.97 Å². The van der Waals surface area contributed by atoms with Crippen molar-refractivity contribution in [3.63, 3.8) is 0 Å². The highest BCUT2D eigenvalue weighted by Crippen LogP contribution is 2.33. The normalized spacial score (nSPS) is 29.9. The van der Waals surface area contributed by atoms with E-state index in [0.29, 0.717) is 17.9 Å². The maximum absolute atomic E-state index is 11.0. The van der Waals surface area contributed by atoms with Crippen LogP contribution in [0.2, 0.25) is 0 Å². The second-order valence-corrected chi connectivity index (χ2v) is 6.05. The van der Waals surface area contributed by atoms with Gasteiger partial charge in [-0.05, 0) is 24.2 Å². The molecule has 3 atom stereocenters. The third-order valence-corrected chi connectivity index (χ3v) is 4.07. The Labute approximate surface area is 105 Å². The number of aliphatic carboxylic acids is 1. The number of hydrogen-bond acceptors (Lipinski definition) is 2. The van der Waals surface area contributed by atoms with Gasteiger partial charge in [0.25, 0.3) is 0 Å². The molecule has 1 rings (SSSR count). The highest BCUT2D eigenvalue weighted by atomic mass is 16.4. The van der Waals surface area contributed by atoms with E-state index in [2.05, 4.69) is 32.6 Å². The minimum Gasteiger partial charge on any atom is -0.480 e. The molecule has 0 saturated heterocycles. The Morgan fingerprint density at radius 2 is 2.00 bits per heavy atom. The van der Waals surface area contributed by atoms with E-state index in [0.717, 1.165) is 18.9 Å². The maximum Gasteiger partial charge on any atom is 0.317 e. The van der Waals surface area contributed by atoms with Crippen LogP contribution in [0.5, 0.6) is 0 Å². The number of carboxylic acid groups (broad SMARTS) is 1. The van der Waals surface area contributed by atoms with Crippen molar-refractivity contribution in [3.05, 3.63) is 0 Å². The van der Waals surface area contributed by atoms with Gasteiger partial charge in [-0.25, -0.2) is 0 Å². The Hall–Kier alpha value is -0.570. The minimum absolute atomic E-state index is 0.194. The fourth-order valence-corrected chi connectivity index (χ4v) is 3.03. The first kappa shape index (κ1) is 14.5. The zero-order valence-corrected chi connectivity index (χ0v) is 11.6. The monoisotopic (exact) mass is 241 g/mol. The average molecular weight is 241 g/mol. The van der Waals surface area contributed by atoms with Gasteiger partial charge in [-0.1, -0.05) is 40.5 Å². The van der Waals surface area contributed by atoms with Crippen molar-refractivity contribution in [1.29, 1.82) is 0 Å². The molecule has 1 N–H and O–H groups in total. The van der Waals surface area contributed by atoms with Crippen molar-refractivity contribution in [2.75, 3.05) is 13.1 Å². The molecule has 1 aliphatic carbocycles. The van der Waals surface area contributed by atoms with Crippen molar-refractivity contribution in [2.24, 2.45) is 17.8 Å². The van der Waals surface area contributed by atoms with Gasteiger partial charge in [0.1, 0.15) is 0 Å². The summed E-state index contributed by atoms with van der Waals surface area (Å²) in [6.07, 6.45) is 3.69. The van der Waals surface area contributed by atoms with Gasteiger partial charge < -0.3 is 5.11 Å². The molecule has 3 unspecified atom stereocenters. The van der Waals surface area contributed by atoms with Gasteiger partial charge in [-0.2, -0.15) is 0 Å². The van der Waals surface area contributed by atoms with Gasteiger partial charge in [0.05, 0.1) is 6.54 Å². The molecule has 3 nitrogen and oxygen atoms in total. The second kappa shape index (κ2) is 6.39. The van der Waals surface area contributed by atoms with Crippen LogP contribution in [0, 0.1) is 17.8 Å². The molecule has 1 saturated carbocycles. The third kappa shape index (κ3) is 4.30. The standard InChI is InChI=1S/C14H27NO2/c1-10(2)8-15(9-14(16)17)13-7-5-6-11(3)12(13)4/h10-13H,5-9H2,1-4H3,(H,16,17). The van der Waals surface area contributed by atoms with Crippen LogP contribution in [-0.4, -0.2) is 35.1 Å². The number of carbonyl (C=O) groups is 1. The van der Waals surface area contributed by atoms with E-state index in [-0.39, 0.29) is 6.54 Å². The van der Waals surface area contributed by atoms with Gasteiger partial charge in [0, 0.05) is 12.6 Å². The van der Waals surface area contributed by atoms with E-state index in [9.17, 15) is 4.79 Å². The zero-order valence-electron chi connectivity index (χ0n) is 11.6. The molecule has 17 heavy (non-hydrogen) atoms. The molecule has 100 valence electrons. The lowest BCUT2D eigenvalue weighted by molar-refractivity contribution is -0.139. The Morgan fingerprint density at radius 3 is 2.53 bits per heavy atom. The quantitative estimate of drug-likeness (QED) is 0.804. The first-order valence-corrected chi connectivity index (χ1v) is 6.87. The predicted octanol–water partition coefficient (Wildman–Crippen LogP) is 2.85. The van der Waals surface area contributed by atoms with E-state index in [1.54, 1.807) is 0 Å². The van der Waals surface area contributed by atoms with E-state index >= 15 is 0 Å². The minimum atomic E-state index is -0.698. The van der Waals surface area contributed by atoms with E-state index in [1.807, 2.05) is 0 Å². The lowest BCUT2D eigenvalue weighted by atomic mass is 9.77. The van der Waals surface area contributed by atoms with Gasteiger partial charge in [0.2, 0.25) is 0 Å². The largest absolute Gasteiger partial charge is 0.480 e. The van der Waals surface area contributed by atoms with Crippen molar-refractivity contribution in [1.82, 2.24) is 4.90 Å². The number of nitrogens with zero attached hydrogens (tertiary/aromatic N) is 1. The summed E-state index contributed by atoms with van der Waals surface area (Å²) < 4.78 is 0. The molecule has 0 bridgehead atoms. The topological polar surface area (TPSA) is 40.5 Å². The average Bonchev–Trinajstić information content (AvgIpc) is 2.19. The molecule has 0 aromatic heterocycles. The van der Waals surface area contributed by atoms with E-state index in [1.165, 1.54) is 12.8 Å². The summed E-state index contributed by atoms with van der Waals surface area (Å²) >= 11 is 0. The van der Waals surface area contributed by atoms with Crippen LogP contribution in [0.25, 0.3) is 0 Å². The van der Waals surface area contributed by atoms with Gasteiger partial charge in [-0.3, -0.25) is 9.69 Å². The molecular weight excluding hydrogens is 214 g/mol. The molecule has 0 spiro atoms. The summed E-state index contributed by atoms with van der Waals surface area (Å²) in [7, 11) is 0. The first-order valence-electron chi connectivity index (χ1n) is 6.87. The molecule has 0 heterocycles. The third-order valence-electron chi connectivity index (χ3n) is 4.07. The second-order valence-electron chi connectivity index (χ2n) is 6.05. The molecule has 0 aromatic rings. The summed E-state index contributed by atoms with van der Waals surface area (Å²) in [5.41, 5.74) is 0. The van der Waals surface area contributed by atoms with Crippen molar-refractivity contribution in [2.45, 2.75) is 53.0 Å². The summed E-state index contributed by atoms with van der Waals surface area (Å²) in [6, 6.07) is 0.456. The molecule has 0 aliphatic heterocycles. The van der Waals surface area contributed by atoms with Crippen LogP contribution in [0.4, 0.5) is 0 Å². The maximum atomic E-state index is 11.0. The Balaban J connectivity index is 2.69. The van der Waals surface area contributed by atoms with Crippen LogP contribution >= 0.6 is 0 Å². The number of rotatable bonds is 5. The number of hydrogen-bond donors (Lipinski definition) is 1. The Kier molecular flexibility index (Phi) is 5.44. The van der Waals surface area contributed by atoms with Crippen LogP contribution in [0.15, 0.2) is 0 Å². The summed E-state index contributed by atoms with van der Waals surface area (Å²) in [5, 5.41) is 9.04. The highest BCUT2D eigenvalue weighted by Gasteiger charge is 2.32. The summed E-state index contributed by atoms with van der Waals surface area (Å²) in [4.78, 5) is 13.2. The fraction of sp³-hybridized carbons (Fsp3) is 0.929. The van der Waals surface area contributed by atoms with Crippen LogP contribution in [-0.2, 0) is 4.79 Å². The Morgan fingerprint density at radius 1 is 1.35 bits per heavy atom. The van der Waals surface area contributed by atoms with Gasteiger partial charge in [0.15, 0.2) is 0 Å². The van der Waals surface area contributed by atoms with Crippen LogP contribution in [0.3, 0.4) is 0 Å². The van der Waals surface area contributed by atoms with E-state index < -0.39 is 5.97 Å². The molecule has 0 radical (unpaired) electrons. The smallest absolute Gasteiger partial charge is 0.317 e. The highest BCUT2D eigenvalue weighted by molar-refractivity contribution is 5.69. The van der Waals surface area contributed by atoms with Crippen LogP contribution in [0.1, 0.15) is 47.0 Å². The van der Waals surface area contributed by atoms with E-state index in [4.69, 9.17) is 5.11 Å². The van der Waals surface area contributed by atoms with Crippen molar-refractivity contribution < 1.29 is 9.90 Å². The predicted molar refractivity (Wildman–Crippen MR) is 70.0 cm³/mol. The fourth-order valence-electron chi connectivity index (χ4n) is 3.03. The summed E-state index contributed by atoms with van der Waals surface area (Å²) in [6.45, 7) is 9.99. The Bertz CT molecular complexity index is 253. The number of carboxylic acids is 1. The van der Waals surface area contributed by atoms with Crippen molar-refractivity contribution >= 4 is 5.97 Å².